The molecule has 0 radical (unpaired) electrons. The fourth-order valence-corrected chi connectivity index (χ4v) is 5.41. The van der Waals surface area contributed by atoms with Gasteiger partial charge in [-0.15, -0.1) is 11.3 Å². The number of aliphatic hydroxyl groups is 1. The van der Waals surface area contributed by atoms with Crippen LogP contribution < -0.4 is 10.6 Å². The molecular weight excluding hydrogens is 536 g/mol. The lowest BCUT2D eigenvalue weighted by Crippen LogP contribution is -2.48. The topological polar surface area (TPSA) is 112 Å². The highest BCUT2D eigenvalue weighted by molar-refractivity contribution is 7.09. The average molecular weight is 575 g/mol. The first-order valence-corrected chi connectivity index (χ1v) is 14.6. The summed E-state index contributed by atoms with van der Waals surface area (Å²) in [5.74, 6) is -0.530. The minimum absolute atomic E-state index is 0.188. The number of hydrogen-bond donors (Lipinski definition) is 3. The SMILES string of the molecule is CCn1cc(CNCC(O)C(Cc2ccccc2)NC(=O)c2cc(C)cc(C(=O)N(C)Cc3nc(C)cs3)c2)cn1. The van der Waals surface area contributed by atoms with Gasteiger partial charge in [0, 0.05) is 60.6 Å². The molecule has 4 aromatic rings. The van der Waals surface area contributed by atoms with Crippen LogP contribution in [0.2, 0.25) is 0 Å². The van der Waals surface area contributed by atoms with E-state index in [1.165, 1.54) is 11.3 Å². The van der Waals surface area contributed by atoms with E-state index in [1.54, 1.807) is 36.3 Å². The summed E-state index contributed by atoms with van der Waals surface area (Å²) in [5.41, 5.74) is 4.55. The fourth-order valence-electron chi connectivity index (χ4n) is 4.59. The molecule has 0 spiro atoms. The van der Waals surface area contributed by atoms with Gasteiger partial charge in [0.25, 0.3) is 11.8 Å². The molecule has 9 nitrogen and oxygen atoms in total. The maximum absolute atomic E-state index is 13.5. The first kappa shape index (κ1) is 30.1. The van der Waals surface area contributed by atoms with Gasteiger partial charge in [0.05, 0.1) is 24.9 Å². The third-order valence-electron chi connectivity index (χ3n) is 6.74. The van der Waals surface area contributed by atoms with E-state index < -0.39 is 12.1 Å². The first-order valence-electron chi connectivity index (χ1n) is 13.7. The lowest BCUT2D eigenvalue weighted by atomic mass is 9.99. The van der Waals surface area contributed by atoms with Crippen molar-refractivity contribution in [3.05, 3.63) is 105 Å². The zero-order valence-corrected chi connectivity index (χ0v) is 24.8. The van der Waals surface area contributed by atoms with Crippen LogP contribution in [0, 0.1) is 13.8 Å². The van der Waals surface area contributed by atoms with E-state index in [1.807, 2.05) is 67.4 Å². The molecule has 2 unspecified atom stereocenters. The van der Waals surface area contributed by atoms with Crippen molar-refractivity contribution in [3.63, 3.8) is 0 Å². The Hall–Kier alpha value is -3.86. The third kappa shape index (κ3) is 8.56. The predicted octanol–water partition coefficient (Wildman–Crippen LogP) is 3.74. The van der Waals surface area contributed by atoms with Crippen molar-refractivity contribution < 1.29 is 14.7 Å². The molecule has 10 heteroatoms. The van der Waals surface area contributed by atoms with E-state index >= 15 is 0 Å². The highest BCUT2D eigenvalue weighted by Crippen LogP contribution is 2.16. The summed E-state index contributed by atoms with van der Waals surface area (Å²) in [6, 6.07) is 14.4. The van der Waals surface area contributed by atoms with Crippen molar-refractivity contribution in [1.29, 1.82) is 0 Å². The van der Waals surface area contributed by atoms with Gasteiger partial charge in [0.15, 0.2) is 0 Å². The largest absolute Gasteiger partial charge is 0.390 e. The Morgan fingerprint density at radius 3 is 2.54 bits per heavy atom. The quantitative estimate of drug-likeness (QED) is 0.224. The highest BCUT2D eigenvalue weighted by Gasteiger charge is 2.24. The second-order valence-electron chi connectivity index (χ2n) is 10.3. The molecule has 0 aliphatic heterocycles. The molecule has 0 saturated heterocycles. The minimum Gasteiger partial charge on any atom is -0.390 e. The molecule has 0 aliphatic carbocycles. The molecule has 2 heterocycles. The van der Waals surface area contributed by atoms with Crippen LogP contribution in [0.3, 0.4) is 0 Å². The number of aliphatic hydroxyl groups excluding tert-OH is 1. The lowest BCUT2D eigenvalue weighted by molar-refractivity contribution is 0.0784. The lowest BCUT2D eigenvalue weighted by Gasteiger charge is -2.25. The number of amides is 2. The molecule has 4 rings (SSSR count). The Morgan fingerprint density at radius 2 is 1.85 bits per heavy atom. The Balaban J connectivity index is 1.45. The van der Waals surface area contributed by atoms with Crippen LogP contribution >= 0.6 is 11.3 Å². The van der Waals surface area contributed by atoms with Gasteiger partial charge in [-0.05, 0) is 56.5 Å². The van der Waals surface area contributed by atoms with E-state index in [9.17, 15) is 14.7 Å². The number of thiazole rings is 1. The molecule has 2 aromatic carbocycles. The van der Waals surface area contributed by atoms with Crippen molar-refractivity contribution in [2.45, 2.75) is 59.0 Å². The van der Waals surface area contributed by atoms with Gasteiger partial charge in [-0.2, -0.15) is 5.10 Å². The summed E-state index contributed by atoms with van der Waals surface area (Å²) in [7, 11) is 1.73. The second-order valence-corrected chi connectivity index (χ2v) is 11.2. The zero-order chi connectivity index (χ0) is 29.4. The maximum Gasteiger partial charge on any atom is 0.254 e. The molecule has 2 amide bonds. The number of hydrogen-bond acceptors (Lipinski definition) is 7. The standard InChI is InChI=1S/C31H38N6O3S/c1-5-37-18-24(16-33-37)15-32-17-28(38)27(13-23-9-7-6-8-10-23)35-30(39)25-11-21(2)12-26(14-25)31(40)36(4)19-29-34-22(3)20-41-29/h6-12,14,16,18,20,27-28,32,38H,5,13,15,17,19H2,1-4H3,(H,35,39). The van der Waals surface area contributed by atoms with Crippen molar-refractivity contribution >= 4 is 23.2 Å². The van der Waals surface area contributed by atoms with Crippen LogP contribution in [0.4, 0.5) is 0 Å². The predicted molar refractivity (Wildman–Crippen MR) is 161 cm³/mol. The van der Waals surface area contributed by atoms with Crippen LogP contribution in [0.5, 0.6) is 0 Å². The Labute approximate surface area is 245 Å². The number of carbonyl (C=O) groups excluding carboxylic acids is 2. The number of nitrogens with one attached hydrogen (secondary N) is 2. The molecule has 216 valence electrons. The Kier molecular flexibility index (Phi) is 10.4. The number of aryl methyl sites for hydroxylation is 3. The van der Waals surface area contributed by atoms with Crippen LogP contribution in [0.1, 0.15) is 55.0 Å². The van der Waals surface area contributed by atoms with Crippen LogP contribution in [-0.4, -0.2) is 62.3 Å². The van der Waals surface area contributed by atoms with E-state index in [0.717, 1.165) is 33.9 Å². The summed E-state index contributed by atoms with van der Waals surface area (Å²) < 4.78 is 1.85. The molecule has 0 saturated carbocycles. The maximum atomic E-state index is 13.5. The first-order chi connectivity index (χ1) is 19.7. The normalized spacial score (nSPS) is 12.6. The van der Waals surface area contributed by atoms with Gasteiger partial charge < -0.3 is 20.6 Å². The smallest absolute Gasteiger partial charge is 0.254 e. The van der Waals surface area contributed by atoms with Crippen LogP contribution in [0.25, 0.3) is 0 Å². The average Bonchev–Trinajstić information content (AvgIpc) is 3.60. The molecule has 41 heavy (non-hydrogen) atoms. The second kappa shape index (κ2) is 14.2. The zero-order valence-electron chi connectivity index (χ0n) is 24.0. The van der Waals surface area contributed by atoms with Crippen molar-refractivity contribution in [2.24, 2.45) is 0 Å². The summed E-state index contributed by atoms with van der Waals surface area (Å²) in [6.07, 6.45) is 3.38. The van der Waals surface area contributed by atoms with Gasteiger partial charge in [-0.3, -0.25) is 14.3 Å². The van der Waals surface area contributed by atoms with E-state index in [-0.39, 0.29) is 18.4 Å². The number of benzene rings is 2. The van der Waals surface area contributed by atoms with Crippen molar-refractivity contribution in [3.8, 4) is 0 Å². The number of rotatable bonds is 13. The van der Waals surface area contributed by atoms with E-state index in [4.69, 9.17) is 0 Å². The number of carbonyl (C=O) groups is 2. The molecule has 0 bridgehead atoms. The Bertz CT molecular complexity index is 1450. The molecule has 3 N–H and O–H groups in total. The monoisotopic (exact) mass is 574 g/mol. The van der Waals surface area contributed by atoms with Crippen LogP contribution in [-0.2, 0) is 26.1 Å². The number of nitrogens with zero attached hydrogens (tertiary/aromatic N) is 4. The van der Waals surface area contributed by atoms with Gasteiger partial charge in [0.1, 0.15) is 5.01 Å². The third-order valence-corrected chi connectivity index (χ3v) is 7.70. The molecule has 2 aromatic heterocycles. The summed E-state index contributed by atoms with van der Waals surface area (Å²) in [6.45, 7) is 7.84. The van der Waals surface area contributed by atoms with Crippen molar-refractivity contribution in [1.82, 2.24) is 30.3 Å². The van der Waals surface area contributed by atoms with Gasteiger partial charge >= 0.3 is 0 Å². The fraction of sp³-hybridized carbons (Fsp3) is 0.355. The molecule has 0 fully saturated rings. The summed E-state index contributed by atoms with van der Waals surface area (Å²) in [5, 5.41) is 24.5. The van der Waals surface area contributed by atoms with E-state index in [2.05, 4.69) is 20.7 Å². The van der Waals surface area contributed by atoms with Crippen molar-refractivity contribution in [2.75, 3.05) is 13.6 Å². The number of aromatic nitrogens is 3. The summed E-state index contributed by atoms with van der Waals surface area (Å²) in [4.78, 5) is 32.8. The Morgan fingerprint density at radius 1 is 1.10 bits per heavy atom. The minimum atomic E-state index is -0.848. The molecule has 2 atom stereocenters. The van der Waals surface area contributed by atoms with Gasteiger partial charge in [-0.1, -0.05) is 30.3 Å². The van der Waals surface area contributed by atoms with E-state index in [0.29, 0.717) is 30.6 Å². The highest BCUT2D eigenvalue weighted by atomic mass is 32.1. The molecule has 0 aliphatic rings. The van der Waals surface area contributed by atoms with Crippen LogP contribution in [0.15, 0.2) is 66.3 Å². The van der Waals surface area contributed by atoms with Gasteiger partial charge in [0.2, 0.25) is 0 Å². The van der Waals surface area contributed by atoms with Gasteiger partial charge in [-0.25, -0.2) is 4.98 Å². The molecular formula is C31H38N6O3S. The summed E-state index contributed by atoms with van der Waals surface area (Å²) >= 11 is 1.52.